The minimum atomic E-state index is -4.78. The smallest absolute Gasteiger partial charge is 0.265 e. The van der Waals surface area contributed by atoms with Crippen LogP contribution in [0.4, 0.5) is 17.6 Å². The van der Waals surface area contributed by atoms with Crippen molar-refractivity contribution in [3.05, 3.63) is 84.1 Å². The van der Waals surface area contributed by atoms with Crippen LogP contribution in [0.5, 0.6) is 0 Å². The summed E-state index contributed by atoms with van der Waals surface area (Å²) in [5.41, 5.74) is 0.925. The highest BCUT2D eigenvalue weighted by molar-refractivity contribution is 7.89. The van der Waals surface area contributed by atoms with Gasteiger partial charge in [0, 0.05) is 18.0 Å². The Bertz CT molecular complexity index is 1450. The number of primary sulfonamides is 1. The third-order valence-corrected chi connectivity index (χ3v) is 5.91. The fourth-order valence-corrected chi connectivity index (χ4v) is 3.88. The van der Waals surface area contributed by atoms with Crippen molar-refractivity contribution < 1.29 is 26.0 Å². The standard InChI is InChI=1S/C22H16F4N4O2S/c1-13-2-3-15(14-6-8-28-9-7-14)10-17(13)20-12-21(22(24,25)26)29-30(20)19-5-4-16(11-18(19)23)33(27,31)32/h2-12H,1H3,(H2,27,31,32). The van der Waals surface area contributed by atoms with Crippen molar-refractivity contribution in [2.75, 3.05) is 0 Å². The average molecular weight is 476 g/mol. The van der Waals surface area contributed by atoms with Crippen molar-refractivity contribution >= 4 is 10.0 Å². The highest BCUT2D eigenvalue weighted by atomic mass is 32.2. The number of halogens is 4. The molecule has 0 unspecified atom stereocenters. The maximum atomic E-state index is 14.8. The van der Waals surface area contributed by atoms with Crippen LogP contribution in [0.3, 0.4) is 0 Å². The van der Waals surface area contributed by atoms with E-state index in [9.17, 15) is 26.0 Å². The maximum absolute atomic E-state index is 14.8. The number of sulfonamides is 1. The van der Waals surface area contributed by atoms with Gasteiger partial charge in [0.05, 0.1) is 10.6 Å². The first kappa shape index (κ1) is 22.6. The van der Waals surface area contributed by atoms with Crippen molar-refractivity contribution in [3.63, 3.8) is 0 Å². The van der Waals surface area contributed by atoms with Crippen molar-refractivity contribution in [1.82, 2.24) is 14.8 Å². The number of pyridine rings is 1. The van der Waals surface area contributed by atoms with E-state index < -0.39 is 32.6 Å². The van der Waals surface area contributed by atoms with Gasteiger partial charge in [0.1, 0.15) is 11.5 Å². The first-order chi connectivity index (χ1) is 15.4. The van der Waals surface area contributed by atoms with Crippen molar-refractivity contribution in [1.29, 1.82) is 0 Å². The predicted octanol–water partition coefficient (Wildman–Crippen LogP) is 4.72. The minimum Gasteiger partial charge on any atom is -0.265 e. The van der Waals surface area contributed by atoms with Crippen LogP contribution in [-0.2, 0) is 16.2 Å². The highest BCUT2D eigenvalue weighted by Gasteiger charge is 2.36. The number of hydrogen-bond acceptors (Lipinski definition) is 4. The van der Waals surface area contributed by atoms with Gasteiger partial charge in [-0.3, -0.25) is 4.98 Å². The van der Waals surface area contributed by atoms with Gasteiger partial charge in [0.2, 0.25) is 10.0 Å². The number of alkyl halides is 3. The molecule has 0 fully saturated rings. The summed E-state index contributed by atoms with van der Waals surface area (Å²) in [6.07, 6.45) is -1.61. The van der Waals surface area contributed by atoms with Gasteiger partial charge in [0.25, 0.3) is 0 Å². The van der Waals surface area contributed by atoms with Crippen LogP contribution in [0.1, 0.15) is 11.3 Å². The van der Waals surface area contributed by atoms with Crippen LogP contribution >= 0.6 is 0 Å². The largest absolute Gasteiger partial charge is 0.435 e. The number of aromatic nitrogens is 3. The van der Waals surface area contributed by atoms with Gasteiger partial charge in [-0.2, -0.15) is 18.3 Å². The number of nitrogens with zero attached hydrogens (tertiary/aromatic N) is 3. The number of hydrogen-bond donors (Lipinski definition) is 1. The predicted molar refractivity (Wildman–Crippen MR) is 113 cm³/mol. The summed E-state index contributed by atoms with van der Waals surface area (Å²) in [6.45, 7) is 1.71. The lowest BCUT2D eigenvalue weighted by Crippen LogP contribution is -2.13. The maximum Gasteiger partial charge on any atom is 0.435 e. The Hall–Kier alpha value is -3.57. The number of benzene rings is 2. The lowest BCUT2D eigenvalue weighted by molar-refractivity contribution is -0.141. The fraction of sp³-hybridized carbons (Fsp3) is 0.0909. The van der Waals surface area contributed by atoms with Crippen molar-refractivity contribution in [3.8, 4) is 28.1 Å². The van der Waals surface area contributed by atoms with Gasteiger partial charge in [-0.25, -0.2) is 22.6 Å². The van der Waals surface area contributed by atoms with E-state index in [1.807, 2.05) is 0 Å². The number of aryl methyl sites for hydroxylation is 1. The van der Waals surface area contributed by atoms with Crippen LogP contribution in [0.2, 0.25) is 0 Å². The monoisotopic (exact) mass is 476 g/mol. The van der Waals surface area contributed by atoms with Gasteiger partial charge in [-0.15, -0.1) is 0 Å². The second-order valence-corrected chi connectivity index (χ2v) is 8.81. The number of rotatable bonds is 4. The zero-order valence-electron chi connectivity index (χ0n) is 17.0. The fourth-order valence-electron chi connectivity index (χ4n) is 3.35. The zero-order chi connectivity index (χ0) is 24.0. The summed E-state index contributed by atoms with van der Waals surface area (Å²) in [6, 6.07) is 12.2. The van der Waals surface area contributed by atoms with Gasteiger partial charge in [0.15, 0.2) is 5.69 Å². The molecule has 2 N–H and O–H groups in total. The quantitative estimate of drug-likeness (QED) is 0.432. The SMILES string of the molecule is Cc1ccc(-c2ccncc2)cc1-c1cc(C(F)(F)F)nn1-c1ccc(S(N)(=O)=O)cc1F. The van der Waals surface area contributed by atoms with Gasteiger partial charge in [-0.05, 0) is 66.1 Å². The number of nitrogens with two attached hydrogens (primary N) is 1. The molecule has 0 spiro atoms. The van der Waals surface area contributed by atoms with E-state index in [0.717, 1.165) is 28.4 Å². The third-order valence-electron chi connectivity index (χ3n) is 5.00. The molecular weight excluding hydrogens is 460 g/mol. The molecule has 0 aliphatic rings. The van der Waals surface area contributed by atoms with E-state index in [4.69, 9.17) is 5.14 Å². The van der Waals surface area contributed by atoms with Crippen LogP contribution in [0.15, 0.2) is 71.9 Å². The van der Waals surface area contributed by atoms with Crippen LogP contribution in [0, 0.1) is 12.7 Å². The first-order valence-electron chi connectivity index (χ1n) is 9.46. The van der Waals surface area contributed by atoms with E-state index >= 15 is 0 Å². The van der Waals surface area contributed by atoms with E-state index in [2.05, 4.69) is 10.1 Å². The van der Waals surface area contributed by atoms with E-state index in [1.165, 1.54) is 0 Å². The first-order valence-corrected chi connectivity index (χ1v) is 11.0. The summed E-state index contributed by atoms with van der Waals surface area (Å²) in [5.74, 6) is -1.09. The molecule has 4 rings (SSSR count). The topological polar surface area (TPSA) is 90.9 Å². The lowest BCUT2D eigenvalue weighted by Gasteiger charge is -2.13. The molecule has 2 heterocycles. The Morgan fingerprint density at radius 2 is 1.64 bits per heavy atom. The average Bonchev–Trinajstić information content (AvgIpc) is 3.19. The highest BCUT2D eigenvalue weighted by Crippen LogP contribution is 2.36. The van der Waals surface area contributed by atoms with E-state index in [-0.39, 0.29) is 11.4 Å². The molecule has 0 saturated heterocycles. The summed E-state index contributed by atoms with van der Waals surface area (Å²) in [4.78, 5) is 3.44. The molecule has 0 aliphatic heterocycles. The molecule has 11 heteroatoms. The second kappa shape index (κ2) is 8.09. The molecule has 0 atom stereocenters. The molecule has 33 heavy (non-hydrogen) atoms. The lowest BCUT2D eigenvalue weighted by atomic mass is 9.98. The molecule has 2 aromatic heterocycles. The van der Waals surface area contributed by atoms with Crippen molar-refractivity contribution in [2.24, 2.45) is 5.14 Å². The Balaban J connectivity index is 1.95. The molecule has 0 bridgehead atoms. The summed E-state index contributed by atoms with van der Waals surface area (Å²) >= 11 is 0. The molecule has 170 valence electrons. The Labute approximate surface area is 186 Å². The molecular formula is C22H16F4N4O2S. The summed E-state index contributed by atoms with van der Waals surface area (Å²) in [7, 11) is -4.20. The van der Waals surface area contributed by atoms with Gasteiger partial charge >= 0.3 is 6.18 Å². The minimum absolute atomic E-state index is 0.0158. The van der Waals surface area contributed by atoms with Crippen LogP contribution < -0.4 is 5.14 Å². The Morgan fingerprint density at radius 3 is 2.24 bits per heavy atom. The molecule has 2 aromatic carbocycles. The molecule has 0 aliphatic carbocycles. The molecule has 0 saturated carbocycles. The zero-order valence-corrected chi connectivity index (χ0v) is 17.8. The molecule has 0 radical (unpaired) electrons. The van der Waals surface area contributed by atoms with E-state index in [0.29, 0.717) is 22.8 Å². The third kappa shape index (κ3) is 4.50. The second-order valence-electron chi connectivity index (χ2n) is 7.25. The van der Waals surface area contributed by atoms with Crippen LogP contribution in [-0.4, -0.2) is 23.2 Å². The van der Waals surface area contributed by atoms with Gasteiger partial charge in [-0.1, -0.05) is 12.1 Å². The normalized spacial score (nSPS) is 12.2. The van der Waals surface area contributed by atoms with Crippen molar-refractivity contribution in [2.45, 2.75) is 18.0 Å². The summed E-state index contributed by atoms with van der Waals surface area (Å²) < 4.78 is 79.2. The molecule has 6 nitrogen and oxygen atoms in total. The molecule has 0 amide bonds. The Kier molecular flexibility index (Phi) is 5.54. The Morgan fingerprint density at radius 1 is 0.939 bits per heavy atom. The van der Waals surface area contributed by atoms with E-state index in [1.54, 1.807) is 49.6 Å². The van der Waals surface area contributed by atoms with Crippen LogP contribution in [0.25, 0.3) is 28.1 Å². The molecule has 4 aromatic rings. The summed E-state index contributed by atoms with van der Waals surface area (Å²) in [5, 5.41) is 8.60. The van der Waals surface area contributed by atoms with Gasteiger partial charge < -0.3 is 0 Å².